The van der Waals surface area contributed by atoms with Gasteiger partial charge in [0, 0.05) is 25.3 Å². The standard InChI is InChI=1S/C9H13N3O/c1-7(2)12-4-3-8(10-12)9(13)11-5-6-11/h3-4,7H,5-6H2,1-2H3. The monoisotopic (exact) mass is 179 g/mol. The summed E-state index contributed by atoms with van der Waals surface area (Å²) < 4.78 is 1.80. The lowest BCUT2D eigenvalue weighted by atomic mass is 10.4. The molecule has 1 amide bonds. The van der Waals surface area contributed by atoms with E-state index in [2.05, 4.69) is 5.10 Å². The second kappa shape index (κ2) is 2.87. The van der Waals surface area contributed by atoms with Gasteiger partial charge in [-0.05, 0) is 19.9 Å². The molecule has 4 nitrogen and oxygen atoms in total. The molecular weight excluding hydrogens is 166 g/mol. The number of nitrogens with zero attached hydrogens (tertiary/aromatic N) is 3. The van der Waals surface area contributed by atoms with E-state index < -0.39 is 0 Å². The molecule has 1 aromatic heterocycles. The summed E-state index contributed by atoms with van der Waals surface area (Å²) in [6.45, 7) is 5.85. The van der Waals surface area contributed by atoms with Crippen molar-refractivity contribution in [2.24, 2.45) is 0 Å². The Labute approximate surface area is 77.1 Å². The third kappa shape index (κ3) is 1.56. The van der Waals surface area contributed by atoms with Crippen molar-refractivity contribution in [2.75, 3.05) is 13.1 Å². The molecule has 1 fully saturated rings. The minimum absolute atomic E-state index is 0.0550. The Morgan fingerprint density at radius 2 is 2.23 bits per heavy atom. The van der Waals surface area contributed by atoms with Crippen molar-refractivity contribution in [1.29, 1.82) is 0 Å². The van der Waals surface area contributed by atoms with Gasteiger partial charge >= 0.3 is 0 Å². The fourth-order valence-electron chi connectivity index (χ4n) is 1.15. The van der Waals surface area contributed by atoms with Crippen molar-refractivity contribution in [3.63, 3.8) is 0 Å². The summed E-state index contributed by atoms with van der Waals surface area (Å²) in [5.41, 5.74) is 0.561. The molecule has 0 radical (unpaired) electrons. The molecule has 1 aromatic rings. The lowest BCUT2D eigenvalue weighted by molar-refractivity contribution is 0.0879. The van der Waals surface area contributed by atoms with E-state index in [1.165, 1.54) is 0 Å². The Kier molecular flexibility index (Phi) is 1.83. The van der Waals surface area contributed by atoms with E-state index in [1.54, 1.807) is 15.6 Å². The molecule has 0 atom stereocenters. The van der Waals surface area contributed by atoms with Crippen molar-refractivity contribution in [2.45, 2.75) is 19.9 Å². The zero-order valence-electron chi connectivity index (χ0n) is 7.90. The van der Waals surface area contributed by atoms with Crippen LogP contribution in [-0.2, 0) is 0 Å². The van der Waals surface area contributed by atoms with Gasteiger partial charge in [0.1, 0.15) is 5.69 Å². The fourth-order valence-corrected chi connectivity index (χ4v) is 1.15. The van der Waals surface area contributed by atoms with Crippen LogP contribution in [-0.4, -0.2) is 33.7 Å². The van der Waals surface area contributed by atoms with Crippen LogP contribution in [0.2, 0.25) is 0 Å². The Hall–Kier alpha value is -1.32. The summed E-state index contributed by atoms with van der Waals surface area (Å²) in [7, 11) is 0. The molecule has 13 heavy (non-hydrogen) atoms. The van der Waals surface area contributed by atoms with E-state index in [0.717, 1.165) is 13.1 Å². The molecular formula is C9H13N3O. The summed E-state index contributed by atoms with van der Waals surface area (Å²) in [6.07, 6.45) is 1.85. The Morgan fingerprint density at radius 3 is 2.69 bits per heavy atom. The number of carbonyl (C=O) groups is 1. The Morgan fingerprint density at radius 1 is 1.54 bits per heavy atom. The average Bonchev–Trinajstić information content (AvgIpc) is 2.81. The first kappa shape index (κ1) is 8.29. The summed E-state index contributed by atoms with van der Waals surface area (Å²) in [5.74, 6) is 0.0550. The van der Waals surface area contributed by atoms with Crippen LogP contribution >= 0.6 is 0 Å². The molecule has 70 valence electrons. The van der Waals surface area contributed by atoms with E-state index in [4.69, 9.17) is 0 Å². The number of amides is 1. The minimum atomic E-state index is 0.0550. The van der Waals surface area contributed by atoms with Gasteiger partial charge in [-0.25, -0.2) is 0 Å². The third-order valence-electron chi connectivity index (χ3n) is 2.09. The molecule has 0 bridgehead atoms. The lowest BCUT2D eigenvalue weighted by Crippen LogP contribution is -2.12. The predicted molar refractivity (Wildman–Crippen MR) is 48.5 cm³/mol. The highest BCUT2D eigenvalue weighted by Gasteiger charge is 2.26. The first-order valence-corrected chi connectivity index (χ1v) is 4.53. The summed E-state index contributed by atoms with van der Waals surface area (Å²) in [5, 5.41) is 4.20. The second-order valence-corrected chi connectivity index (χ2v) is 3.57. The number of hydrogen-bond donors (Lipinski definition) is 0. The van der Waals surface area contributed by atoms with Crippen molar-refractivity contribution >= 4 is 5.91 Å². The predicted octanol–water partition coefficient (Wildman–Crippen LogP) is 0.920. The maximum atomic E-state index is 11.5. The third-order valence-corrected chi connectivity index (χ3v) is 2.09. The van der Waals surface area contributed by atoms with Crippen LogP contribution in [0.4, 0.5) is 0 Å². The maximum Gasteiger partial charge on any atom is 0.274 e. The first-order valence-electron chi connectivity index (χ1n) is 4.53. The molecule has 1 aliphatic heterocycles. The van der Waals surface area contributed by atoms with Gasteiger partial charge in [0.15, 0.2) is 0 Å². The van der Waals surface area contributed by atoms with Crippen LogP contribution in [0.5, 0.6) is 0 Å². The topological polar surface area (TPSA) is 37.9 Å². The highest BCUT2D eigenvalue weighted by Crippen LogP contribution is 2.11. The van der Waals surface area contributed by atoms with Crippen molar-refractivity contribution in [3.05, 3.63) is 18.0 Å². The van der Waals surface area contributed by atoms with Crippen LogP contribution < -0.4 is 0 Å². The number of aromatic nitrogens is 2. The van der Waals surface area contributed by atoms with Crippen LogP contribution in [0.25, 0.3) is 0 Å². The van der Waals surface area contributed by atoms with E-state index in [1.807, 2.05) is 20.0 Å². The number of rotatable bonds is 2. The molecule has 1 saturated heterocycles. The van der Waals surface area contributed by atoms with Crippen molar-refractivity contribution in [1.82, 2.24) is 14.7 Å². The second-order valence-electron chi connectivity index (χ2n) is 3.57. The normalized spacial score (nSPS) is 15.2. The number of carbonyl (C=O) groups excluding carboxylic acids is 1. The largest absolute Gasteiger partial charge is 0.334 e. The quantitative estimate of drug-likeness (QED) is 0.633. The van der Waals surface area contributed by atoms with Crippen LogP contribution in [0, 0.1) is 0 Å². The average molecular weight is 179 g/mol. The molecule has 0 aromatic carbocycles. The van der Waals surface area contributed by atoms with E-state index >= 15 is 0 Å². The SMILES string of the molecule is CC(C)n1ccc(C(=O)N2CC2)n1. The van der Waals surface area contributed by atoms with Crippen LogP contribution in [0.15, 0.2) is 12.3 Å². The zero-order valence-corrected chi connectivity index (χ0v) is 7.90. The van der Waals surface area contributed by atoms with Crippen molar-refractivity contribution < 1.29 is 4.79 Å². The maximum absolute atomic E-state index is 11.5. The number of hydrogen-bond acceptors (Lipinski definition) is 2. The highest BCUT2D eigenvalue weighted by atomic mass is 16.2. The first-order chi connectivity index (χ1) is 6.18. The molecule has 0 unspecified atom stereocenters. The molecule has 2 heterocycles. The molecule has 0 saturated carbocycles. The summed E-state index contributed by atoms with van der Waals surface area (Å²) in [4.78, 5) is 13.3. The molecule has 0 N–H and O–H groups in total. The van der Waals surface area contributed by atoms with E-state index in [-0.39, 0.29) is 5.91 Å². The molecule has 1 aliphatic rings. The van der Waals surface area contributed by atoms with Crippen LogP contribution in [0.3, 0.4) is 0 Å². The summed E-state index contributed by atoms with van der Waals surface area (Å²) in [6, 6.07) is 2.09. The van der Waals surface area contributed by atoms with Gasteiger partial charge < -0.3 is 4.90 Å². The fraction of sp³-hybridized carbons (Fsp3) is 0.556. The smallest absolute Gasteiger partial charge is 0.274 e. The lowest BCUT2D eigenvalue weighted by Gasteiger charge is -2.03. The Bertz CT molecular complexity index is 325. The summed E-state index contributed by atoms with van der Waals surface area (Å²) >= 11 is 0. The highest BCUT2D eigenvalue weighted by molar-refractivity contribution is 5.93. The van der Waals surface area contributed by atoms with Gasteiger partial charge in [-0.3, -0.25) is 9.48 Å². The van der Waals surface area contributed by atoms with Gasteiger partial charge in [0.05, 0.1) is 0 Å². The minimum Gasteiger partial charge on any atom is -0.334 e. The van der Waals surface area contributed by atoms with Gasteiger partial charge in [-0.2, -0.15) is 5.10 Å². The van der Waals surface area contributed by atoms with E-state index in [0.29, 0.717) is 11.7 Å². The Balaban J connectivity index is 2.16. The molecule has 4 heteroatoms. The van der Waals surface area contributed by atoms with Gasteiger partial charge in [0.25, 0.3) is 5.91 Å². The van der Waals surface area contributed by atoms with Crippen molar-refractivity contribution in [3.8, 4) is 0 Å². The molecule has 0 spiro atoms. The molecule has 2 rings (SSSR count). The zero-order chi connectivity index (χ0) is 9.42. The van der Waals surface area contributed by atoms with Crippen LogP contribution in [0.1, 0.15) is 30.4 Å². The van der Waals surface area contributed by atoms with Gasteiger partial charge in [-0.15, -0.1) is 0 Å². The van der Waals surface area contributed by atoms with E-state index in [9.17, 15) is 4.79 Å². The molecule has 0 aliphatic carbocycles. The van der Waals surface area contributed by atoms with Gasteiger partial charge in [0.2, 0.25) is 0 Å². The van der Waals surface area contributed by atoms with Gasteiger partial charge in [-0.1, -0.05) is 0 Å².